The molecule has 1 fully saturated rings. The number of nitrogens with one attached hydrogen (secondary N) is 1. The van der Waals surface area contributed by atoms with Gasteiger partial charge in [0, 0.05) is 19.2 Å². The zero-order valence-electron chi connectivity index (χ0n) is 9.28. The molecule has 1 aliphatic rings. The van der Waals surface area contributed by atoms with Crippen molar-refractivity contribution in [1.29, 1.82) is 0 Å². The van der Waals surface area contributed by atoms with Crippen LogP contribution in [0.25, 0.3) is 0 Å². The lowest BCUT2D eigenvalue weighted by Gasteiger charge is -2.13. The molecule has 1 N–H and O–H groups in total. The van der Waals surface area contributed by atoms with Crippen LogP contribution in [0, 0.1) is 5.82 Å². The number of benzene rings is 1. The van der Waals surface area contributed by atoms with Crippen LogP contribution in [0.15, 0.2) is 24.3 Å². The van der Waals surface area contributed by atoms with Gasteiger partial charge in [0.05, 0.1) is 6.61 Å². The van der Waals surface area contributed by atoms with Gasteiger partial charge in [0.2, 0.25) is 0 Å². The molecule has 0 saturated carbocycles. The van der Waals surface area contributed by atoms with Crippen molar-refractivity contribution >= 4 is 12.4 Å². The Morgan fingerprint density at radius 3 is 2.62 bits per heavy atom. The number of rotatable bonds is 3. The number of hydrogen-bond acceptors (Lipinski definition) is 2. The van der Waals surface area contributed by atoms with Gasteiger partial charge in [0.15, 0.2) is 0 Å². The number of methoxy groups -OCH3 is 1. The van der Waals surface area contributed by atoms with E-state index in [0.717, 1.165) is 25.0 Å². The zero-order valence-corrected chi connectivity index (χ0v) is 10.1. The molecule has 0 bridgehead atoms. The summed E-state index contributed by atoms with van der Waals surface area (Å²) in [5.74, 6) is -0.176. The number of hydrogen-bond donors (Lipinski definition) is 1. The SMILES string of the molecule is COC[C@H]1CC[C@@H](c2ccc(F)cc2)N1.Cl. The van der Waals surface area contributed by atoms with E-state index in [1.807, 2.05) is 12.1 Å². The van der Waals surface area contributed by atoms with Crippen LogP contribution in [0.5, 0.6) is 0 Å². The van der Waals surface area contributed by atoms with Gasteiger partial charge in [-0.3, -0.25) is 0 Å². The second-order valence-electron chi connectivity index (χ2n) is 4.00. The Labute approximate surface area is 102 Å². The third-order valence-corrected chi connectivity index (χ3v) is 2.88. The summed E-state index contributed by atoms with van der Waals surface area (Å²) in [6, 6.07) is 7.52. The Morgan fingerprint density at radius 2 is 2.00 bits per heavy atom. The van der Waals surface area contributed by atoms with Gasteiger partial charge in [-0.05, 0) is 30.5 Å². The molecule has 2 rings (SSSR count). The summed E-state index contributed by atoms with van der Waals surface area (Å²) in [7, 11) is 1.72. The average Bonchev–Trinajstić information content (AvgIpc) is 2.68. The molecule has 0 aliphatic carbocycles. The van der Waals surface area contributed by atoms with Crippen LogP contribution in [-0.2, 0) is 4.74 Å². The lowest BCUT2D eigenvalue weighted by Crippen LogP contribution is -2.28. The molecule has 0 unspecified atom stereocenters. The first kappa shape index (κ1) is 13.4. The first-order valence-corrected chi connectivity index (χ1v) is 5.30. The molecule has 1 saturated heterocycles. The van der Waals surface area contributed by atoms with Gasteiger partial charge in [-0.15, -0.1) is 12.4 Å². The minimum absolute atomic E-state index is 0. The highest BCUT2D eigenvalue weighted by Gasteiger charge is 2.24. The standard InChI is InChI=1S/C12H16FNO.ClH/c1-15-8-11-6-7-12(14-11)9-2-4-10(13)5-3-9;/h2-5,11-12,14H,6-8H2,1H3;1H/t11-,12+;/m1./s1. The highest BCUT2D eigenvalue weighted by molar-refractivity contribution is 5.85. The van der Waals surface area contributed by atoms with Crippen LogP contribution in [0.1, 0.15) is 24.4 Å². The second kappa shape index (κ2) is 6.18. The smallest absolute Gasteiger partial charge is 0.123 e. The van der Waals surface area contributed by atoms with Gasteiger partial charge in [-0.1, -0.05) is 12.1 Å². The van der Waals surface area contributed by atoms with E-state index in [1.165, 1.54) is 12.1 Å². The van der Waals surface area contributed by atoms with E-state index in [2.05, 4.69) is 5.32 Å². The van der Waals surface area contributed by atoms with Crippen LogP contribution < -0.4 is 5.32 Å². The molecule has 4 heteroatoms. The van der Waals surface area contributed by atoms with Crippen LogP contribution in [-0.4, -0.2) is 19.8 Å². The van der Waals surface area contributed by atoms with Gasteiger partial charge in [0.25, 0.3) is 0 Å². The minimum Gasteiger partial charge on any atom is -0.383 e. The van der Waals surface area contributed by atoms with E-state index in [0.29, 0.717) is 12.1 Å². The van der Waals surface area contributed by atoms with Crippen molar-refractivity contribution in [3.8, 4) is 0 Å². The van der Waals surface area contributed by atoms with Gasteiger partial charge >= 0.3 is 0 Å². The van der Waals surface area contributed by atoms with Crippen molar-refractivity contribution in [2.24, 2.45) is 0 Å². The maximum atomic E-state index is 12.7. The number of ether oxygens (including phenoxy) is 1. The molecule has 90 valence electrons. The summed E-state index contributed by atoms with van der Waals surface area (Å²) < 4.78 is 17.8. The first-order chi connectivity index (χ1) is 7.29. The Bertz CT molecular complexity index is 317. The first-order valence-electron chi connectivity index (χ1n) is 5.30. The molecule has 1 heterocycles. The quantitative estimate of drug-likeness (QED) is 0.884. The van der Waals surface area contributed by atoms with E-state index in [1.54, 1.807) is 7.11 Å². The summed E-state index contributed by atoms with van der Waals surface area (Å²) in [6.45, 7) is 0.748. The lowest BCUT2D eigenvalue weighted by atomic mass is 10.1. The molecule has 0 aromatic heterocycles. The van der Waals surface area contributed by atoms with Crippen molar-refractivity contribution in [3.63, 3.8) is 0 Å². The van der Waals surface area contributed by atoms with E-state index in [9.17, 15) is 4.39 Å². The highest BCUT2D eigenvalue weighted by Crippen LogP contribution is 2.26. The molecule has 0 spiro atoms. The van der Waals surface area contributed by atoms with Gasteiger partial charge < -0.3 is 10.1 Å². The molecular weight excluding hydrogens is 229 g/mol. The van der Waals surface area contributed by atoms with Crippen molar-refractivity contribution in [2.45, 2.75) is 24.9 Å². The Morgan fingerprint density at radius 1 is 1.31 bits per heavy atom. The summed E-state index contributed by atoms with van der Waals surface area (Å²) in [5, 5.41) is 3.48. The van der Waals surface area contributed by atoms with E-state index < -0.39 is 0 Å². The van der Waals surface area contributed by atoms with Gasteiger partial charge in [-0.25, -0.2) is 4.39 Å². The fourth-order valence-electron chi connectivity index (χ4n) is 2.11. The lowest BCUT2D eigenvalue weighted by molar-refractivity contribution is 0.172. The maximum Gasteiger partial charge on any atom is 0.123 e. The molecular formula is C12H17ClFNO. The summed E-state index contributed by atoms with van der Waals surface area (Å²) in [4.78, 5) is 0. The Kier molecular flexibility index (Phi) is 5.19. The molecule has 1 aromatic rings. The third kappa shape index (κ3) is 3.17. The predicted octanol–water partition coefficient (Wildman–Crippen LogP) is 2.69. The topological polar surface area (TPSA) is 21.3 Å². The normalized spacial score (nSPS) is 24.1. The van der Waals surface area contributed by atoms with E-state index in [-0.39, 0.29) is 18.2 Å². The van der Waals surface area contributed by atoms with Crippen LogP contribution >= 0.6 is 12.4 Å². The van der Waals surface area contributed by atoms with Crippen molar-refractivity contribution in [1.82, 2.24) is 5.32 Å². The predicted molar refractivity (Wildman–Crippen MR) is 64.4 cm³/mol. The largest absolute Gasteiger partial charge is 0.383 e. The fraction of sp³-hybridized carbons (Fsp3) is 0.500. The van der Waals surface area contributed by atoms with E-state index in [4.69, 9.17) is 4.74 Å². The molecule has 2 nitrogen and oxygen atoms in total. The molecule has 16 heavy (non-hydrogen) atoms. The van der Waals surface area contributed by atoms with Crippen molar-refractivity contribution in [3.05, 3.63) is 35.6 Å². The molecule has 0 radical (unpaired) electrons. The highest BCUT2D eigenvalue weighted by atomic mass is 35.5. The monoisotopic (exact) mass is 245 g/mol. The second-order valence-corrected chi connectivity index (χ2v) is 4.00. The van der Waals surface area contributed by atoms with Gasteiger partial charge in [-0.2, -0.15) is 0 Å². The summed E-state index contributed by atoms with van der Waals surface area (Å²) in [6.07, 6.45) is 2.22. The molecule has 1 aromatic carbocycles. The van der Waals surface area contributed by atoms with Crippen LogP contribution in [0.2, 0.25) is 0 Å². The summed E-state index contributed by atoms with van der Waals surface area (Å²) >= 11 is 0. The van der Waals surface area contributed by atoms with Crippen LogP contribution in [0.4, 0.5) is 4.39 Å². The van der Waals surface area contributed by atoms with E-state index >= 15 is 0 Å². The Hall–Kier alpha value is -0.640. The molecule has 0 amide bonds. The molecule has 1 aliphatic heterocycles. The zero-order chi connectivity index (χ0) is 10.7. The minimum atomic E-state index is -0.176. The Balaban J connectivity index is 0.00000128. The average molecular weight is 246 g/mol. The molecule has 2 atom stereocenters. The number of halogens is 2. The van der Waals surface area contributed by atoms with Crippen LogP contribution in [0.3, 0.4) is 0 Å². The van der Waals surface area contributed by atoms with Gasteiger partial charge in [0.1, 0.15) is 5.82 Å². The summed E-state index contributed by atoms with van der Waals surface area (Å²) in [5.41, 5.74) is 1.16. The maximum absolute atomic E-state index is 12.7. The van der Waals surface area contributed by atoms with Crippen molar-refractivity contribution < 1.29 is 9.13 Å². The third-order valence-electron chi connectivity index (χ3n) is 2.88. The van der Waals surface area contributed by atoms with Crippen molar-refractivity contribution in [2.75, 3.05) is 13.7 Å². The fourth-order valence-corrected chi connectivity index (χ4v) is 2.11.